The molecule has 2 saturated heterocycles. The number of nitrogens with zero attached hydrogens (tertiary/aromatic N) is 2. The van der Waals surface area contributed by atoms with Crippen LogP contribution in [0.25, 0.3) is 10.9 Å². The number of imide groups is 1. The first kappa shape index (κ1) is 17.0. The Balaban J connectivity index is 1.39. The number of piperidine rings is 1. The van der Waals surface area contributed by atoms with Crippen molar-refractivity contribution in [2.24, 2.45) is 5.92 Å². The molecule has 2 aromatic rings. The summed E-state index contributed by atoms with van der Waals surface area (Å²) in [6, 6.07) is 6.57. The Hall–Kier alpha value is -2.18. The molecule has 2 amide bonds. The van der Waals surface area contributed by atoms with Gasteiger partial charge >= 0.3 is 0 Å². The van der Waals surface area contributed by atoms with E-state index in [0.29, 0.717) is 24.9 Å². The number of hydrogen-bond donors (Lipinski definition) is 2. The average Bonchev–Trinajstić information content (AvgIpc) is 3.04. The van der Waals surface area contributed by atoms with Crippen LogP contribution >= 0.6 is 0 Å². The van der Waals surface area contributed by atoms with Crippen LogP contribution < -0.4 is 5.32 Å². The van der Waals surface area contributed by atoms with Crippen LogP contribution in [0.5, 0.6) is 0 Å². The fraction of sp³-hybridized carbons (Fsp3) is 0.524. The Labute approximate surface area is 158 Å². The largest absolute Gasteiger partial charge is 0.361 e. The fourth-order valence-electron chi connectivity index (χ4n) is 5.37. The summed E-state index contributed by atoms with van der Waals surface area (Å²) in [6.45, 7) is 4.75. The van der Waals surface area contributed by atoms with Crippen molar-refractivity contribution in [1.82, 2.24) is 20.1 Å². The second-order valence-corrected chi connectivity index (χ2v) is 8.73. The minimum atomic E-state index is -0.0979. The van der Waals surface area contributed by atoms with Gasteiger partial charge in [0, 0.05) is 42.1 Å². The third-order valence-corrected chi connectivity index (χ3v) is 6.87. The van der Waals surface area contributed by atoms with Gasteiger partial charge in [-0.25, -0.2) is 0 Å². The predicted octanol–water partition coefficient (Wildman–Crippen LogP) is 1.48. The van der Waals surface area contributed by atoms with Gasteiger partial charge in [0.2, 0.25) is 11.8 Å². The SMILES string of the molecule is CN1C(=O)CN(CC2CN[C@]3(C)Cc4c[nH]c5cccc(c45)[C@H]3C2)CC1=O. The molecule has 0 spiro atoms. The number of aromatic amines is 1. The molecule has 0 bridgehead atoms. The molecule has 5 rings (SSSR count). The van der Waals surface area contributed by atoms with Crippen LogP contribution in [0, 0.1) is 5.92 Å². The van der Waals surface area contributed by atoms with E-state index in [1.54, 1.807) is 7.05 Å². The van der Waals surface area contributed by atoms with Gasteiger partial charge in [-0.2, -0.15) is 0 Å². The number of hydrogen-bond acceptors (Lipinski definition) is 4. The van der Waals surface area contributed by atoms with Gasteiger partial charge < -0.3 is 10.3 Å². The lowest BCUT2D eigenvalue weighted by molar-refractivity contribution is -0.149. The van der Waals surface area contributed by atoms with Crippen LogP contribution in [0.2, 0.25) is 0 Å². The molecule has 27 heavy (non-hydrogen) atoms. The first-order valence-corrected chi connectivity index (χ1v) is 9.80. The molecule has 3 heterocycles. The molecule has 2 N–H and O–H groups in total. The summed E-state index contributed by atoms with van der Waals surface area (Å²) >= 11 is 0. The maximum atomic E-state index is 12.0. The number of aromatic nitrogens is 1. The number of likely N-dealkylation sites (N-methyl/N-ethyl adjacent to an activating group) is 1. The summed E-state index contributed by atoms with van der Waals surface area (Å²) in [5.74, 6) is 0.684. The highest BCUT2D eigenvalue weighted by Crippen LogP contribution is 2.47. The van der Waals surface area contributed by atoms with Crippen LogP contribution in [-0.4, -0.2) is 65.4 Å². The standard InChI is InChI=1S/C21H26N4O2/c1-21-7-14-9-22-17-5-3-4-15(20(14)17)16(21)6-13(8-23-21)10-25-11-18(26)24(2)19(27)12-25/h3-5,9,13,16,22-23H,6-8,10-12H2,1-2H3/t13?,16-,21-/m1/s1. The molecule has 2 aliphatic heterocycles. The van der Waals surface area contributed by atoms with Crippen molar-refractivity contribution >= 4 is 22.7 Å². The Bertz CT molecular complexity index is 917. The normalized spacial score (nSPS) is 31.4. The lowest BCUT2D eigenvalue weighted by Crippen LogP contribution is -2.59. The lowest BCUT2D eigenvalue weighted by atomic mass is 9.65. The van der Waals surface area contributed by atoms with Crippen molar-refractivity contribution in [2.45, 2.75) is 31.2 Å². The minimum absolute atomic E-state index is 0.0632. The minimum Gasteiger partial charge on any atom is -0.361 e. The molecule has 1 aromatic heterocycles. The molecule has 2 fully saturated rings. The number of carbonyl (C=O) groups excluding carboxylic acids is 2. The maximum absolute atomic E-state index is 12.0. The van der Waals surface area contributed by atoms with Crippen molar-refractivity contribution in [1.29, 1.82) is 0 Å². The van der Waals surface area contributed by atoms with Gasteiger partial charge in [0.15, 0.2) is 0 Å². The monoisotopic (exact) mass is 366 g/mol. The Morgan fingerprint density at radius 2 is 2.00 bits per heavy atom. The number of nitrogens with one attached hydrogen (secondary N) is 2. The number of carbonyl (C=O) groups is 2. The second kappa shape index (κ2) is 5.91. The van der Waals surface area contributed by atoms with Crippen molar-refractivity contribution in [3.8, 4) is 0 Å². The summed E-state index contributed by atoms with van der Waals surface area (Å²) < 4.78 is 0. The molecule has 1 aliphatic carbocycles. The maximum Gasteiger partial charge on any atom is 0.243 e. The van der Waals surface area contributed by atoms with Gasteiger partial charge in [-0.1, -0.05) is 12.1 Å². The highest BCUT2D eigenvalue weighted by atomic mass is 16.2. The van der Waals surface area contributed by atoms with Crippen LogP contribution in [0.4, 0.5) is 0 Å². The van der Waals surface area contributed by atoms with Crippen LogP contribution in [-0.2, 0) is 16.0 Å². The molecule has 0 saturated carbocycles. The summed E-state index contributed by atoms with van der Waals surface area (Å²) in [5, 5.41) is 5.22. The van der Waals surface area contributed by atoms with Crippen LogP contribution in [0.1, 0.15) is 30.4 Å². The smallest absolute Gasteiger partial charge is 0.243 e. The number of fused-ring (bicyclic) bond motifs is 2. The molecule has 6 heteroatoms. The van der Waals surface area contributed by atoms with Crippen molar-refractivity contribution in [2.75, 3.05) is 33.2 Å². The third-order valence-electron chi connectivity index (χ3n) is 6.87. The number of H-pyrrole nitrogens is 1. The summed E-state index contributed by atoms with van der Waals surface area (Å²) in [4.78, 5) is 30.7. The van der Waals surface area contributed by atoms with Crippen molar-refractivity contribution in [3.63, 3.8) is 0 Å². The molecular formula is C21H26N4O2. The van der Waals surface area contributed by atoms with E-state index in [2.05, 4.69) is 41.6 Å². The molecule has 1 unspecified atom stereocenters. The Morgan fingerprint density at radius 3 is 2.78 bits per heavy atom. The van der Waals surface area contributed by atoms with E-state index in [0.717, 1.165) is 25.9 Å². The molecule has 3 aliphatic rings. The Kier molecular flexibility index (Phi) is 3.71. The number of amides is 2. The second-order valence-electron chi connectivity index (χ2n) is 8.73. The third kappa shape index (κ3) is 2.62. The fourth-order valence-corrected chi connectivity index (χ4v) is 5.37. The molecule has 3 atom stereocenters. The quantitative estimate of drug-likeness (QED) is 0.790. The van der Waals surface area contributed by atoms with Gasteiger partial charge in [-0.05, 0) is 49.4 Å². The van der Waals surface area contributed by atoms with Crippen molar-refractivity contribution < 1.29 is 9.59 Å². The zero-order valence-corrected chi connectivity index (χ0v) is 15.9. The van der Waals surface area contributed by atoms with E-state index < -0.39 is 0 Å². The summed E-state index contributed by atoms with van der Waals surface area (Å²) in [6.07, 6.45) is 4.28. The van der Waals surface area contributed by atoms with Gasteiger partial charge in [-0.15, -0.1) is 0 Å². The first-order chi connectivity index (χ1) is 12.9. The number of piperazine rings is 1. The van der Waals surface area contributed by atoms with E-state index in [4.69, 9.17) is 0 Å². The number of rotatable bonds is 2. The van der Waals surface area contributed by atoms with Crippen LogP contribution in [0.15, 0.2) is 24.4 Å². The van der Waals surface area contributed by atoms with E-state index in [1.165, 1.54) is 26.9 Å². The average molecular weight is 366 g/mol. The molecule has 0 radical (unpaired) electrons. The predicted molar refractivity (Wildman–Crippen MR) is 103 cm³/mol. The summed E-state index contributed by atoms with van der Waals surface area (Å²) in [7, 11) is 1.58. The first-order valence-electron chi connectivity index (χ1n) is 9.80. The molecule has 6 nitrogen and oxygen atoms in total. The summed E-state index contributed by atoms with van der Waals surface area (Å²) in [5.41, 5.74) is 4.12. The van der Waals surface area contributed by atoms with Gasteiger partial charge in [0.25, 0.3) is 0 Å². The van der Waals surface area contributed by atoms with Gasteiger partial charge in [-0.3, -0.25) is 19.4 Å². The van der Waals surface area contributed by atoms with Crippen LogP contribution in [0.3, 0.4) is 0 Å². The van der Waals surface area contributed by atoms with E-state index in [-0.39, 0.29) is 17.4 Å². The zero-order valence-electron chi connectivity index (χ0n) is 15.9. The Morgan fingerprint density at radius 1 is 1.22 bits per heavy atom. The molecular weight excluding hydrogens is 340 g/mol. The van der Waals surface area contributed by atoms with E-state index >= 15 is 0 Å². The number of benzene rings is 1. The lowest BCUT2D eigenvalue weighted by Gasteiger charge is -2.49. The molecule has 142 valence electrons. The topological polar surface area (TPSA) is 68.4 Å². The van der Waals surface area contributed by atoms with E-state index in [1.807, 2.05) is 4.90 Å². The van der Waals surface area contributed by atoms with E-state index in [9.17, 15) is 9.59 Å². The van der Waals surface area contributed by atoms with Gasteiger partial charge in [0.05, 0.1) is 13.1 Å². The van der Waals surface area contributed by atoms with Gasteiger partial charge in [0.1, 0.15) is 0 Å². The molecule has 1 aromatic carbocycles. The zero-order chi connectivity index (χ0) is 18.8. The highest BCUT2D eigenvalue weighted by molar-refractivity contribution is 5.99. The van der Waals surface area contributed by atoms with Crippen molar-refractivity contribution in [3.05, 3.63) is 35.5 Å². The highest BCUT2D eigenvalue weighted by Gasteiger charge is 2.45.